The monoisotopic (exact) mass is 182 g/mol. The smallest absolute Gasteiger partial charge is 0.0119 e. The molecular weight excluding hydrogens is 160 g/mol. The summed E-state index contributed by atoms with van der Waals surface area (Å²) < 4.78 is 0. The fraction of sp³-hybridized carbons (Fsp3) is 0.818. The molecule has 2 heteroatoms. The number of rotatable bonds is 4. The Morgan fingerprint density at radius 2 is 2.15 bits per heavy atom. The van der Waals surface area contributed by atoms with Crippen LogP contribution < -0.4 is 5.32 Å². The molecule has 1 atom stereocenters. The lowest BCUT2D eigenvalue weighted by Crippen LogP contribution is -2.44. The van der Waals surface area contributed by atoms with Crippen LogP contribution in [0.5, 0.6) is 0 Å². The predicted octanol–water partition coefficient (Wildman–Crippen LogP) is 1.63. The van der Waals surface area contributed by atoms with Crippen molar-refractivity contribution in [3.8, 4) is 0 Å². The van der Waals surface area contributed by atoms with Crippen molar-refractivity contribution in [1.82, 2.24) is 10.2 Å². The van der Waals surface area contributed by atoms with E-state index in [-0.39, 0.29) is 0 Å². The minimum Gasteiger partial charge on any atom is -0.317 e. The highest BCUT2D eigenvalue weighted by molar-refractivity contribution is 4.82. The van der Waals surface area contributed by atoms with Crippen molar-refractivity contribution in [3.05, 3.63) is 12.7 Å². The van der Waals surface area contributed by atoms with Gasteiger partial charge in [-0.2, -0.15) is 0 Å². The summed E-state index contributed by atoms with van der Waals surface area (Å²) in [6.45, 7) is 8.42. The summed E-state index contributed by atoms with van der Waals surface area (Å²) in [6.07, 6.45) is 5.69. The van der Waals surface area contributed by atoms with Gasteiger partial charge >= 0.3 is 0 Å². The summed E-state index contributed by atoms with van der Waals surface area (Å²) in [5.74, 6) is 0. The van der Waals surface area contributed by atoms with Crippen LogP contribution in [0.25, 0.3) is 0 Å². The van der Waals surface area contributed by atoms with Crippen LogP contribution in [0.3, 0.4) is 0 Å². The minimum absolute atomic E-state index is 0.639. The zero-order valence-electron chi connectivity index (χ0n) is 8.92. The Morgan fingerprint density at radius 3 is 2.69 bits per heavy atom. The average molecular weight is 182 g/mol. The maximum absolute atomic E-state index is 3.79. The van der Waals surface area contributed by atoms with Crippen molar-refractivity contribution in [2.75, 3.05) is 20.1 Å². The molecule has 1 heterocycles. The molecule has 13 heavy (non-hydrogen) atoms. The first-order valence-electron chi connectivity index (χ1n) is 5.29. The molecule has 1 saturated heterocycles. The fourth-order valence-electron chi connectivity index (χ4n) is 1.98. The first kappa shape index (κ1) is 10.7. The van der Waals surface area contributed by atoms with Crippen molar-refractivity contribution in [1.29, 1.82) is 0 Å². The molecule has 1 N–H and O–H groups in total. The Bertz CT molecular complexity index is 150. The Kier molecular flexibility index (Phi) is 4.46. The summed E-state index contributed by atoms with van der Waals surface area (Å²) in [6, 6.07) is 1.41. The van der Waals surface area contributed by atoms with E-state index in [9.17, 15) is 0 Å². The van der Waals surface area contributed by atoms with E-state index in [1.54, 1.807) is 0 Å². The second-order valence-electron chi connectivity index (χ2n) is 4.02. The van der Waals surface area contributed by atoms with E-state index >= 15 is 0 Å². The first-order chi connectivity index (χ1) is 6.25. The summed E-state index contributed by atoms with van der Waals surface area (Å²) >= 11 is 0. The van der Waals surface area contributed by atoms with Crippen LogP contribution in [0, 0.1) is 0 Å². The molecule has 1 rings (SSSR count). The van der Waals surface area contributed by atoms with Crippen LogP contribution in [0.1, 0.15) is 26.2 Å². The topological polar surface area (TPSA) is 15.3 Å². The molecule has 0 aromatic carbocycles. The molecule has 1 aliphatic rings. The van der Waals surface area contributed by atoms with Crippen LogP contribution in [0.15, 0.2) is 12.7 Å². The minimum atomic E-state index is 0.639. The molecule has 0 bridgehead atoms. The molecule has 2 nitrogen and oxygen atoms in total. The Balaban J connectivity index is 2.35. The summed E-state index contributed by atoms with van der Waals surface area (Å²) in [4.78, 5) is 2.50. The highest BCUT2D eigenvalue weighted by Crippen LogP contribution is 2.14. The van der Waals surface area contributed by atoms with Crippen molar-refractivity contribution in [3.63, 3.8) is 0 Å². The van der Waals surface area contributed by atoms with E-state index in [2.05, 4.69) is 30.8 Å². The molecule has 0 saturated carbocycles. The maximum atomic E-state index is 3.79. The van der Waals surface area contributed by atoms with Crippen LogP contribution in [0.4, 0.5) is 0 Å². The fourth-order valence-corrected chi connectivity index (χ4v) is 1.98. The van der Waals surface area contributed by atoms with Gasteiger partial charge in [0, 0.05) is 12.1 Å². The lowest BCUT2D eigenvalue weighted by Gasteiger charge is -2.35. The molecule has 1 unspecified atom stereocenters. The van der Waals surface area contributed by atoms with Crippen LogP contribution in [-0.2, 0) is 0 Å². The molecule has 0 amide bonds. The third kappa shape index (κ3) is 3.12. The maximum Gasteiger partial charge on any atom is 0.0119 e. The SMILES string of the molecule is C=CCC(C)N(C)C1CCNCC1. The quantitative estimate of drug-likeness (QED) is 0.665. The molecule has 0 spiro atoms. The van der Waals surface area contributed by atoms with Gasteiger partial charge < -0.3 is 10.2 Å². The van der Waals surface area contributed by atoms with Gasteiger partial charge in [-0.1, -0.05) is 6.08 Å². The summed E-state index contributed by atoms with van der Waals surface area (Å²) in [5.41, 5.74) is 0. The third-order valence-corrected chi connectivity index (χ3v) is 3.09. The van der Waals surface area contributed by atoms with Gasteiger partial charge in [-0.15, -0.1) is 6.58 Å². The lowest BCUT2D eigenvalue weighted by molar-refractivity contribution is 0.153. The standard InChI is InChI=1S/C11H22N2/c1-4-5-10(2)13(3)11-6-8-12-9-7-11/h4,10-12H,1,5-9H2,2-3H3. The Morgan fingerprint density at radius 1 is 1.54 bits per heavy atom. The van der Waals surface area contributed by atoms with Gasteiger partial charge in [-0.05, 0) is 46.3 Å². The van der Waals surface area contributed by atoms with Crippen LogP contribution >= 0.6 is 0 Å². The molecule has 0 aliphatic carbocycles. The molecular formula is C11H22N2. The first-order valence-corrected chi connectivity index (χ1v) is 5.29. The third-order valence-electron chi connectivity index (χ3n) is 3.09. The van der Waals surface area contributed by atoms with E-state index in [0.29, 0.717) is 6.04 Å². The molecule has 1 aliphatic heterocycles. The normalized spacial score (nSPS) is 21.8. The number of nitrogens with zero attached hydrogens (tertiary/aromatic N) is 1. The van der Waals surface area contributed by atoms with E-state index in [1.807, 2.05) is 6.08 Å². The predicted molar refractivity (Wildman–Crippen MR) is 57.9 cm³/mol. The largest absolute Gasteiger partial charge is 0.317 e. The van der Waals surface area contributed by atoms with Crippen LogP contribution in [-0.4, -0.2) is 37.1 Å². The Hall–Kier alpha value is -0.340. The van der Waals surface area contributed by atoms with Crippen molar-refractivity contribution in [2.45, 2.75) is 38.3 Å². The summed E-state index contributed by atoms with van der Waals surface area (Å²) in [7, 11) is 2.24. The van der Waals surface area contributed by atoms with Crippen molar-refractivity contribution in [2.24, 2.45) is 0 Å². The van der Waals surface area contributed by atoms with E-state index in [0.717, 1.165) is 12.5 Å². The van der Waals surface area contributed by atoms with Gasteiger partial charge in [-0.25, -0.2) is 0 Å². The second kappa shape index (κ2) is 5.40. The zero-order valence-corrected chi connectivity index (χ0v) is 8.92. The summed E-state index contributed by atoms with van der Waals surface area (Å²) in [5, 5.41) is 3.39. The van der Waals surface area contributed by atoms with Gasteiger partial charge in [0.1, 0.15) is 0 Å². The number of hydrogen-bond donors (Lipinski definition) is 1. The van der Waals surface area contributed by atoms with Crippen molar-refractivity contribution >= 4 is 0 Å². The Labute approximate surface area is 82.0 Å². The number of nitrogens with one attached hydrogen (secondary N) is 1. The highest BCUT2D eigenvalue weighted by atomic mass is 15.2. The molecule has 0 aromatic rings. The van der Waals surface area contributed by atoms with E-state index in [1.165, 1.54) is 25.9 Å². The zero-order chi connectivity index (χ0) is 9.68. The number of piperidine rings is 1. The number of hydrogen-bond acceptors (Lipinski definition) is 2. The van der Waals surface area contributed by atoms with Crippen molar-refractivity contribution < 1.29 is 0 Å². The van der Waals surface area contributed by atoms with E-state index in [4.69, 9.17) is 0 Å². The van der Waals surface area contributed by atoms with Gasteiger partial charge in [0.25, 0.3) is 0 Å². The van der Waals surface area contributed by atoms with Gasteiger partial charge in [-0.3, -0.25) is 0 Å². The van der Waals surface area contributed by atoms with E-state index < -0.39 is 0 Å². The molecule has 0 radical (unpaired) electrons. The van der Waals surface area contributed by atoms with Gasteiger partial charge in [0.05, 0.1) is 0 Å². The molecule has 1 fully saturated rings. The molecule has 76 valence electrons. The second-order valence-corrected chi connectivity index (χ2v) is 4.02. The van der Waals surface area contributed by atoms with Gasteiger partial charge in [0.2, 0.25) is 0 Å². The van der Waals surface area contributed by atoms with Gasteiger partial charge in [0.15, 0.2) is 0 Å². The lowest BCUT2D eigenvalue weighted by atomic mass is 10.0. The average Bonchev–Trinajstić information content (AvgIpc) is 2.18. The molecule has 0 aromatic heterocycles. The highest BCUT2D eigenvalue weighted by Gasteiger charge is 2.20. The van der Waals surface area contributed by atoms with Crippen LogP contribution in [0.2, 0.25) is 0 Å².